The quantitative estimate of drug-likeness (QED) is 0.833. The maximum atomic E-state index is 11.3. The third-order valence-corrected chi connectivity index (χ3v) is 3.14. The van der Waals surface area contributed by atoms with Crippen LogP contribution in [0.3, 0.4) is 0 Å². The number of thiazole rings is 1. The van der Waals surface area contributed by atoms with Gasteiger partial charge in [0.15, 0.2) is 0 Å². The normalized spacial score (nSPS) is 16.0. The van der Waals surface area contributed by atoms with Gasteiger partial charge in [0.25, 0.3) is 0 Å². The van der Waals surface area contributed by atoms with Crippen molar-refractivity contribution in [1.82, 2.24) is 9.88 Å². The lowest BCUT2D eigenvalue weighted by atomic mass is 10.4. The van der Waals surface area contributed by atoms with Gasteiger partial charge in [-0.3, -0.25) is 4.79 Å². The molecule has 1 aromatic rings. The predicted molar refractivity (Wildman–Crippen MR) is 53.7 cm³/mol. The fourth-order valence-electron chi connectivity index (χ4n) is 1.54. The van der Waals surface area contributed by atoms with Gasteiger partial charge in [-0.15, -0.1) is 11.3 Å². The van der Waals surface area contributed by atoms with E-state index in [4.69, 9.17) is 5.11 Å². The van der Waals surface area contributed by atoms with Crippen molar-refractivity contribution in [3.05, 3.63) is 16.1 Å². The highest BCUT2D eigenvalue weighted by Crippen LogP contribution is 2.16. The molecule has 1 fully saturated rings. The van der Waals surface area contributed by atoms with Crippen molar-refractivity contribution in [2.24, 2.45) is 0 Å². The Morgan fingerprint density at radius 2 is 2.47 bits per heavy atom. The first-order chi connectivity index (χ1) is 7.16. The molecule has 1 saturated heterocycles. The molecule has 6 heteroatoms. The summed E-state index contributed by atoms with van der Waals surface area (Å²) in [6.07, 6.45) is 1.48. The van der Waals surface area contributed by atoms with Crippen molar-refractivity contribution in [2.45, 2.75) is 19.4 Å². The second-order valence-electron chi connectivity index (χ2n) is 3.37. The maximum absolute atomic E-state index is 11.3. The summed E-state index contributed by atoms with van der Waals surface area (Å²) < 4.78 is 0. The summed E-state index contributed by atoms with van der Waals surface area (Å²) >= 11 is 1.09. The minimum absolute atomic E-state index is 0.0802. The molecule has 15 heavy (non-hydrogen) atoms. The molecule has 0 spiro atoms. The highest BCUT2D eigenvalue weighted by Gasteiger charge is 2.21. The van der Waals surface area contributed by atoms with Crippen molar-refractivity contribution in [3.63, 3.8) is 0 Å². The molecule has 5 nitrogen and oxygen atoms in total. The number of hydrogen-bond acceptors (Lipinski definition) is 4. The van der Waals surface area contributed by atoms with Gasteiger partial charge in [0, 0.05) is 18.3 Å². The molecular weight excluding hydrogens is 216 g/mol. The average molecular weight is 226 g/mol. The van der Waals surface area contributed by atoms with E-state index in [1.807, 2.05) is 0 Å². The number of hydrogen-bond donors (Lipinski definition) is 1. The number of rotatable bonds is 3. The van der Waals surface area contributed by atoms with Crippen LogP contribution in [0.5, 0.6) is 0 Å². The van der Waals surface area contributed by atoms with Crippen LogP contribution in [0.1, 0.15) is 28.3 Å². The third kappa shape index (κ3) is 2.15. The molecule has 1 amide bonds. The Kier molecular flexibility index (Phi) is 2.68. The van der Waals surface area contributed by atoms with Crippen LogP contribution in [0.2, 0.25) is 0 Å². The second-order valence-corrected chi connectivity index (χ2v) is 4.23. The molecular formula is C9H10N2O3S. The Morgan fingerprint density at radius 1 is 1.67 bits per heavy atom. The zero-order valence-electron chi connectivity index (χ0n) is 7.97. The van der Waals surface area contributed by atoms with E-state index in [-0.39, 0.29) is 10.9 Å². The average Bonchev–Trinajstić information content (AvgIpc) is 2.77. The van der Waals surface area contributed by atoms with Gasteiger partial charge in [0.1, 0.15) is 0 Å². The van der Waals surface area contributed by atoms with Crippen LogP contribution >= 0.6 is 11.3 Å². The summed E-state index contributed by atoms with van der Waals surface area (Å²) in [5.74, 6) is -0.890. The molecule has 1 aromatic heterocycles. The summed E-state index contributed by atoms with van der Waals surface area (Å²) in [7, 11) is 0. The van der Waals surface area contributed by atoms with Crippen molar-refractivity contribution < 1.29 is 14.7 Å². The second kappa shape index (κ2) is 3.98. The number of aromatic carboxylic acids is 1. The Balaban J connectivity index is 2.04. The Labute approximate surface area is 90.4 Å². The minimum atomic E-state index is -1.01. The van der Waals surface area contributed by atoms with Crippen LogP contribution in [0.4, 0.5) is 0 Å². The Hall–Kier alpha value is -1.43. The van der Waals surface area contributed by atoms with Gasteiger partial charge in [0.05, 0.1) is 12.2 Å². The van der Waals surface area contributed by atoms with Gasteiger partial charge >= 0.3 is 5.97 Å². The van der Waals surface area contributed by atoms with Crippen molar-refractivity contribution in [2.75, 3.05) is 6.54 Å². The summed E-state index contributed by atoms with van der Waals surface area (Å²) in [5, 5.41) is 10.4. The number of amides is 1. The minimum Gasteiger partial charge on any atom is -0.476 e. The van der Waals surface area contributed by atoms with Crippen molar-refractivity contribution >= 4 is 23.2 Å². The number of carbonyl (C=O) groups excluding carboxylic acids is 1. The van der Waals surface area contributed by atoms with Gasteiger partial charge in [0.2, 0.25) is 10.9 Å². The third-order valence-electron chi connectivity index (χ3n) is 2.26. The molecule has 1 aliphatic heterocycles. The first-order valence-corrected chi connectivity index (χ1v) is 5.50. The smallest absolute Gasteiger partial charge is 0.365 e. The van der Waals surface area contributed by atoms with E-state index in [9.17, 15) is 9.59 Å². The lowest BCUT2D eigenvalue weighted by Gasteiger charge is -2.12. The molecule has 80 valence electrons. The first-order valence-electron chi connectivity index (χ1n) is 4.62. The van der Waals surface area contributed by atoms with E-state index in [0.29, 0.717) is 18.7 Å². The summed E-state index contributed by atoms with van der Waals surface area (Å²) in [4.78, 5) is 27.5. The molecule has 0 aromatic carbocycles. The SMILES string of the molecule is O=C(O)c1nc(CN2CCCC2=O)cs1. The van der Waals surface area contributed by atoms with E-state index < -0.39 is 5.97 Å². The summed E-state index contributed by atoms with van der Waals surface area (Å²) in [5.41, 5.74) is 0.660. The standard InChI is InChI=1S/C9H10N2O3S/c12-7-2-1-3-11(7)4-6-5-15-8(10-6)9(13)14/h5H,1-4H2,(H,13,14). The zero-order chi connectivity index (χ0) is 10.8. The van der Waals surface area contributed by atoms with E-state index in [2.05, 4.69) is 4.98 Å². The van der Waals surface area contributed by atoms with Gasteiger partial charge in [-0.25, -0.2) is 9.78 Å². The Morgan fingerprint density at radius 3 is 3.00 bits per heavy atom. The monoisotopic (exact) mass is 226 g/mol. The van der Waals surface area contributed by atoms with Gasteiger partial charge in [-0.05, 0) is 6.42 Å². The van der Waals surface area contributed by atoms with Crippen molar-refractivity contribution in [1.29, 1.82) is 0 Å². The largest absolute Gasteiger partial charge is 0.476 e. The summed E-state index contributed by atoms with van der Waals surface area (Å²) in [6.45, 7) is 1.18. The molecule has 1 N–H and O–H groups in total. The Bertz CT molecular complexity index is 402. The molecule has 0 bridgehead atoms. The fourth-order valence-corrected chi connectivity index (χ4v) is 2.19. The number of nitrogens with zero attached hydrogens (tertiary/aromatic N) is 2. The number of carboxylic acid groups (broad SMARTS) is 1. The number of likely N-dealkylation sites (tertiary alicyclic amines) is 1. The van der Waals surface area contributed by atoms with E-state index in [1.54, 1.807) is 10.3 Å². The molecule has 0 atom stereocenters. The van der Waals surface area contributed by atoms with Crippen LogP contribution in [-0.4, -0.2) is 33.4 Å². The number of carboxylic acids is 1. The van der Waals surface area contributed by atoms with Crippen LogP contribution < -0.4 is 0 Å². The molecule has 2 heterocycles. The topological polar surface area (TPSA) is 70.5 Å². The fraction of sp³-hybridized carbons (Fsp3) is 0.444. The molecule has 0 unspecified atom stereocenters. The zero-order valence-corrected chi connectivity index (χ0v) is 8.79. The molecule has 2 rings (SSSR count). The number of aromatic nitrogens is 1. The van der Waals surface area contributed by atoms with E-state index >= 15 is 0 Å². The number of carbonyl (C=O) groups is 2. The lowest BCUT2D eigenvalue weighted by Crippen LogP contribution is -2.24. The van der Waals surface area contributed by atoms with Crippen LogP contribution in [0, 0.1) is 0 Å². The van der Waals surface area contributed by atoms with Crippen LogP contribution in [0.25, 0.3) is 0 Å². The first kappa shape index (κ1) is 10.1. The van der Waals surface area contributed by atoms with E-state index in [0.717, 1.165) is 24.3 Å². The van der Waals surface area contributed by atoms with Gasteiger partial charge in [-0.2, -0.15) is 0 Å². The van der Waals surface area contributed by atoms with Gasteiger partial charge in [-0.1, -0.05) is 0 Å². The lowest BCUT2D eigenvalue weighted by molar-refractivity contribution is -0.128. The van der Waals surface area contributed by atoms with Gasteiger partial charge < -0.3 is 10.0 Å². The molecule has 0 radical (unpaired) electrons. The molecule has 0 aliphatic carbocycles. The highest BCUT2D eigenvalue weighted by molar-refractivity contribution is 7.11. The predicted octanol–water partition coefficient (Wildman–Crippen LogP) is 0.964. The molecule has 1 aliphatic rings. The summed E-state index contributed by atoms with van der Waals surface area (Å²) in [6, 6.07) is 0. The molecule has 0 saturated carbocycles. The van der Waals surface area contributed by atoms with Crippen molar-refractivity contribution in [3.8, 4) is 0 Å². The van der Waals surface area contributed by atoms with Crippen LogP contribution in [-0.2, 0) is 11.3 Å². The highest BCUT2D eigenvalue weighted by atomic mass is 32.1. The van der Waals surface area contributed by atoms with Crippen LogP contribution in [0.15, 0.2) is 5.38 Å². The maximum Gasteiger partial charge on any atom is 0.365 e. The van der Waals surface area contributed by atoms with E-state index in [1.165, 1.54) is 0 Å².